The van der Waals surface area contributed by atoms with Gasteiger partial charge in [0.25, 0.3) is 5.91 Å². The first-order valence-corrected chi connectivity index (χ1v) is 18.1. The summed E-state index contributed by atoms with van der Waals surface area (Å²) in [6.45, 7) is 0.678. The lowest BCUT2D eigenvalue weighted by Crippen LogP contribution is -2.53. The van der Waals surface area contributed by atoms with Crippen molar-refractivity contribution in [3.8, 4) is 23.0 Å². The molecule has 2 atom stereocenters. The Hall–Kier alpha value is -5.11. The second-order valence-electron chi connectivity index (χ2n) is 11.8. The molecule has 0 spiro atoms. The number of hydrogen-bond acceptors (Lipinski definition) is 11. The standard InChI is InChI=1S/C38H43N3O9S/c1-46-31-10-7-9-29(26-31)35-38(20-24-51(44,45)33-11-5-4-6-12-33,40-36(50-35)27-13-15-30(16-14-27)49-23-8-22-42)37(43)41-39-21-19-28-25-32(47-2)17-18-34(28)48-3/h4-7,9-18,25-26,35,39,42H,8,19-24H2,1-3H3,(H,41,43)/t35-,38-/m0/s1. The van der Waals surface area contributed by atoms with Gasteiger partial charge >= 0.3 is 0 Å². The van der Waals surface area contributed by atoms with Crippen LogP contribution in [0.3, 0.4) is 0 Å². The summed E-state index contributed by atoms with van der Waals surface area (Å²) in [7, 11) is 0.881. The molecule has 13 heteroatoms. The number of aliphatic imine (C=N–C) groups is 1. The van der Waals surface area contributed by atoms with E-state index in [1.807, 2.05) is 12.1 Å². The SMILES string of the molecule is COc1cccc([C@@H]2OC(c3ccc(OCCCO)cc3)=N[C@]2(CCS(=O)(=O)c2ccccc2)C(=O)NNCCc2cc(OC)ccc2OC)c1. The Morgan fingerprint density at radius 2 is 1.61 bits per heavy atom. The highest BCUT2D eigenvalue weighted by molar-refractivity contribution is 7.91. The van der Waals surface area contributed by atoms with E-state index in [9.17, 15) is 13.2 Å². The molecule has 0 saturated heterocycles. The molecule has 0 aromatic heterocycles. The first-order chi connectivity index (χ1) is 24.7. The minimum Gasteiger partial charge on any atom is -0.497 e. The van der Waals surface area contributed by atoms with Crippen molar-refractivity contribution in [1.82, 2.24) is 10.9 Å². The number of benzene rings is 4. The van der Waals surface area contributed by atoms with Gasteiger partial charge in [-0.15, -0.1) is 0 Å². The summed E-state index contributed by atoms with van der Waals surface area (Å²) < 4.78 is 55.8. The van der Waals surface area contributed by atoms with Gasteiger partial charge < -0.3 is 28.8 Å². The molecular formula is C38H43N3O9S. The van der Waals surface area contributed by atoms with Crippen LogP contribution in [0.5, 0.6) is 23.0 Å². The first-order valence-electron chi connectivity index (χ1n) is 16.5. The summed E-state index contributed by atoms with van der Waals surface area (Å²) >= 11 is 0. The number of amides is 1. The van der Waals surface area contributed by atoms with Gasteiger partial charge in [-0.1, -0.05) is 30.3 Å². The lowest BCUT2D eigenvalue weighted by atomic mass is 9.85. The van der Waals surface area contributed by atoms with Gasteiger partial charge in [-0.05, 0) is 84.3 Å². The van der Waals surface area contributed by atoms with E-state index in [0.29, 0.717) is 60.1 Å². The maximum Gasteiger partial charge on any atom is 0.266 e. The molecular weight excluding hydrogens is 674 g/mol. The quantitative estimate of drug-likeness (QED) is 0.0994. The van der Waals surface area contributed by atoms with Crippen LogP contribution in [0.2, 0.25) is 0 Å². The Labute approximate surface area is 298 Å². The third-order valence-electron chi connectivity index (χ3n) is 8.49. The maximum absolute atomic E-state index is 14.5. The molecule has 51 heavy (non-hydrogen) atoms. The monoisotopic (exact) mass is 717 g/mol. The average molecular weight is 718 g/mol. The van der Waals surface area contributed by atoms with Crippen molar-refractivity contribution < 1.29 is 42.0 Å². The fourth-order valence-corrected chi connectivity index (χ4v) is 7.12. The number of hydrogen-bond donors (Lipinski definition) is 3. The van der Waals surface area contributed by atoms with E-state index >= 15 is 0 Å². The van der Waals surface area contributed by atoms with Crippen LogP contribution in [0.1, 0.15) is 35.6 Å². The summed E-state index contributed by atoms with van der Waals surface area (Å²) in [6.07, 6.45) is -0.249. The number of methoxy groups -OCH3 is 3. The highest BCUT2D eigenvalue weighted by Crippen LogP contribution is 2.43. The van der Waals surface area contributed by atoms with E-state index in [4.69, 9.17) is 33.8 Å². The minimum atomic E-state index is -3.82. The van der Waals surface area contributed by atoms with Gasteiger partial charge in [0, 0.05) is 31.6 Å². The largest absolute Gasteiger partial charge is 0.497 e. The van der Waals surface area contributed by atoms with Crippen molar-refractivity contribution in [3.63, 3.8) is 0 Å². The molecule has 1 aliphatic rings. The topological polar surface area (TPSA) is 154 Å². The van der Waals surface area contributed by atoms with Crippen LogP contribution in [-0.4, -0.2) is 77.7 Å². The number of carbonyl (C=O) groups excluding carboxylic acids is 1. The summed E-state index contributed by atoms with van der Waals surface area (Å²) in [5.74, 6) is 1.67. The molecule has 0 radical (unpaired) electrons. The molecule has 0 aliphatic carbocycles. The molecule has 270 valence electrons. The zero-order chi connectivity index (χ0) is 36.3. The third kappa shape index (κ3) is 8.98. The predicted octanol–water partition coefficient (Wildman–Crippen LogP) is 4.46. The van der Waals surface area contributed by atoms with Gasteiger partial charge in [-0.25, -0.2) is 18.8 Å². The van der Waals surface area contributed by atoms with Crippen LogP contribution in [0.4, 0.5) is 0 Å². The second kappa shape index (κ2) is 17.2. The highest BCUT2D eigenvalue weighted by atomic mass is 32.2. The zero-order valence-corrected chi connectivity index (χ0v) is 29.6. The Balaban J connectivity index is 1.49. The number of ether oxygens (including phenoxy) is 5. The van der Waals surface area contributed by atoms with Crippen molar-refractivity contribution >= 4 is 21.6 Å². The molecule has 0 fully saturated rings. The number of nitrogens with one attached hydrogen (secondary N) is 2. The Bertz CT molecular complexity index is 1900. The summed E-state index contributed by atoms with van der Waals surface area (Å²) in [4.78, 5) is 19.6. The Morgan fingerprint density at radius 1 is 0.882 bits per heavy atom. The summed E-state index contributed by atoms with van der Waals surface area (Å²) in [6, 6.07) is 27.7. The van der Waals surface area contributed by atoms with E-state index in [-0.39, 0.29) is 29.6 Å². The van der Waals surface area contributed by atoms with Crippen molar-refractivity contribution in [3.05, 3.63) is 114 Å². The molecule has 4 aromatic carbocycles. The van der Waals surface area contributed by atoms with Crippen LogP contribution < -0.4 is 29.8 Å². The smallest absolute Gasteiger partial charge is 0.266 e. The van der Waals surface area contributed by atoms with Crippen molar-refractivity contribution in [2.24, 2.45) is 4.99 Å². The van der Waals surface area contributed by atoms with E-state index < -0.39 is 27.4 Å². The minimum absolute atomic E-state index is 0.0164. The van der Waals surface area contributed by atoms with Gasteiger partial charge in [0.2, 0.25) is 5.90 Å². The van der Waals surface area contributed by atoms with Crippen LogP contribution in [-0.2, 0) is 25.8 Å². The molecule has 1 heterocycles. The summed E-state index contributed by atoms with van der Waals surface area (Å²) in [5.41, 5.74) is 6.09. The highest BCUT2D eigenvalue weighted by Gasteiger charge is 2.53. The first kappa shape index (κ1) is 37.2. The van der Waals surface area contributed by atoms with E-state index in [2.05, 4.69) is 10.9 Å². The molecule has 12 nitrogen and oxygen atoms in total. The number of nitrogens with zero attached hydrogens (tertiary/aromatic N) is 1. The molecule has 5 rings (SSSR count). The number of carbonyl (C=O) groups is 1. The zero-order valence-electron chi connectivity index (χ0n) is 28.8. The molecule has 3 N–H and O–H groups in total. The number of hydrazine groups is 1. The molecule has 0 bridgehead atoms. The molecule has 1 aliphatic heterocycles. The lowest BCUT2D eigenvalue weighted by Gasteiger charge is -2.30. The maximum atomic E-state index is 14.5. The molecule has 0 saturated carbocycles. The van der Waals surface area contributed by atoms with Gasteiger partial charge in [0.1, 0.15) is 23.0 Å². The average Bonchev–Trinajstić information content (AvgIpc) is 3.57. The molecule has 1 amide bonds. The number of aliphatic hydroxyl groups is 1. The van der Waals surface area contributed by atoms with Gasteiger partial charge in [-0.2, -0.15) is 0 Å². The van der Waals surface area contributed by atoms with Gasteiger partial charge in [-0.3, -0.25) is 10.2 Å². The summed E-state index contributed by atoms with van der Waals surface area (Å²) in [5, 5.41) is 9.09. The van der Waals surface area contributed by atoms with Gasteiger partial charge in [0.05, 0.1) is 38.6 Å². The number of sulfone groups is 1. The number of rotatable bonds is 18. The molecule has 4 aromatic rings. The fourth-order valence-electron chi connectivity index (χ4n) is 5.74. The Morgan fingerprint density at radius 3 is 2.31 bits per heavy atom. The van der Waals surface area contributed by atoms with Crippen LogP contribution >= 0.6 is 0 Å². The normalized spacial score (nSPS) is 16.9. The lowest BCUT2D eigenvalue weighted by molar-refractivity contribution is -0.130. The predicted molar refractivity (Wildman–Crippen MR) is 192 cm³/mol. The van der Waals surface area contributed by atoms with E-state index in [1.54, 1.807) is 87.0 Å². The second-order valence-corrected chi connectivity index (χ2v) is 13.9. The van der Waals surface area contributed by atoms with E-state index in [1.165, 1.54) is 19.2 Å². The third-order valence-corrected chi connectivity index (χ3v) is 10.2. The molecule has 0 unspecified atom stereocenters. The van der Waals surface area contributed by atoms with Crippen LogP contribution in [0, 0.1) is 0 Å². The van der Waals surface area contributed by atoms with Crippen LogP contribution in [0.15, 0.2) is 107 Å². The van der Waals surface area contributed by atoms with E-state index in [0.717, 1.165) is 5.56 Å². The van der Waals surface area contributed by atoms with Crippen molar-refractivity contribution in [2.45, 2.75) is 35.8 Å². The Kier molecular flexibility index (Phi) is 12.5. The van der Waals surface area contributed by atoms with Crippen molar-refractivity contribution in [1.29, 1.82) is 0 Å². The van der Waals surface area contributed by atoms with Crippen molar-refractivity contribution in [2.75, 3.05) is 46.8 Å². The number of aliphatic hydroxyl groups excluding tert-OH is 1. The van der Waals surface area contributed by atoms with Gasteiger partial charge in [0.15, 0.2) is 21.5 Å². The van der Waals surface area contributed by atoms with Crippen LogP contribution in [0.25, 0.3) is 0 Å². The fraction of sp³-hybridized carbons (Fsp3) is 0.316.